The molecule has 1 aromatic heterocycles. The third kappa shape index (κ3) is 1.91. The van der Waals surface area contributed by atoms with Crippen LogP contribution in [0.15, 0.2) is 6.07 Å². The Labute approximate surface area is 108 Å². The van der Waals surface area contributed by atoms with E-state index in [1.165, 1.54) is 0 Å². The molecule has 0 spiro atoms. The molecule has 0 aliphatic rings. The molecule has 9 heteroatoms. The van der Waals surface area contributed by atoms with E-state index in [0.717, 1.165) is 7.05 Å². The van der Waals surface area contributed by atoms with Crippen LogP contribution in [-0.2, 0) is 7.05 Å². The molecule has 0 aliphatic carbocycles. The van der Waals surface area contributed by atoms with Crippen molar-refractivity contribution in [2.24, 2.45) is 7.05 Å². The van der Waals surface area contributed by atoms with E-state index in [2.05, 4.69) is 5.10 Å². The highest BCUT2D eigenvalue weighted by molar-refractivity contribution is 5.87. The van der Waals surface area contributed by atoms with E-state index in [-0.39, 0.29) is 0 Å². The number of carboxylic acid groups (broad SMARTS) is 1. The molecule has 2 rings (SSSR count). The van der Waals surface area contributed by atoms with Crippen molar-refractivity contribution < 1.29 is 31.9 Å². The monoisotopic (exact) mass is 292 g/mol. The predicted octanol–water partition coefficient (Wildman–Crippen LogP) is 2.48. The van der Waals surface area contributed by atoms with Gasteiger partial charge in [0.05, 0.1) is 11.3 Å². The van der Waals surface area contributed by atoms with Crippen molar-refractivity contribution in [1.82, 2.24) is 9.78 Å². The molecule has 106 valence electrons. The summed E-state index contributed by atoms with van der Waals surface area (Å²) < 4.78 is 66.9. The second-order valence-electron chi connectivity index (χ2n) is 3.79. The first-order valence-electron chi connectivity index (χ1n) is 5.04. The summed E-state index contributed by atoms with van der Waals surface area (Å²) in [5.41, 5.74) is -2.37. The van der Waals surface area contributed by atoms with E-state index < -0.39 is 52.0 Å². The summed E-state index contributed by atoms with van der Waals surface area (Å²) in [5.74, 6) is -12.1. The summed E-state index contributed by atoms with van der Waals surface area (Å²) >= 11 is 0. The molecule has 0 saturated heterocycles. The van der Waals surface area contributed by atoms with E-state index in [1.807, 2.05) is 0 Å². The average molecular weight is 292 g/mol. The van der Waals surface area contributed by atoms with E-state index in [4.69, 9.17) is 5.11 Å². The van der Waals surface area contributed by atoms with E-state index >= 15 is 0 Å². The maximum Gasteiger partial charge on any atom is 0.356 e. The number of carboxylic acids is 1. The van der Waals surface area contributed by atoms with Gasteiger partial charge < -0.3 is 5.11 Å². The third-order valence-electron chi connectivity index (χ3n) is 2.56. The smallest absolute Gasteiger partial charge is 0.356 e. The number of carbonyl (C=O) groups is 1. The molecule has 0 atom stereocenters. The molecule has 1 aromatic carbocycles. The van der Waals surface area contributed by atoms with E-state index in [0.29, 0.717) is 10.7 Å². The van der Waals surface area contributed by atoms with Crippen LogP contribution < -0.4 is 0 Å². The number of aromatic carboxylic acids is 1. The van der Waals surface area contributed by atoms with Crippen molar-refractivity contribution in [1.29, 1.82) is 0 Å². The second-order valence-corrected chi connectivity index (χ2v) is 3.79. The second kappa shape index (κ2) is 4.58. The van der Waals surface area contributed by atoms with Crippen LogP contribution in [0.4, 0.5) is 22.0 Å². The zero-order valence-electron chi connectivity index (χ0n) is 9.72. The Morgan fingerprint density at radius 2 is 1.50 bits per heavy atom. The molecule has 0 bridgehead atoms. The third-order valence-corrected chi connectivity index (χ3v) is 2.56. The zero-order chi connectivity index (χ0) is 15.2. The minimum Gasteiger partial charge on any atom is -0.476 e. The predicted molar refractivity (Wildman–Crippen MR) is 55.4 cm³/mol. The van der Waals surface area contributed by atoms with Crippen LogP contribution in [-0.4, -0.2) is 20.9 Å². The quantitative estimate of drug-likeness (QED) is 0.525. The molecule has 1 heterocycles. The molecule has 0 fully saturated rings. The molecular formula is C11H5F5N2O2. The molecular weight excluding hydrogens is 287 g/mol. The lowest BCUT2D eigenvalue weighted by atomic mass is 10.1. The standard InChI is InChI=1S/C11H5F5N2O2/c1-18-4(2-3(17-18)11(19)20)5-6(12)8(14)10(16)9(15)7(5)13/h2H,1H3,(H,19,20). The van der Waals surface area contributed by atoms with Crippen LogP contribution in [0.5, 0.6) is 0 Å². The summed E-state index contributed by atoms with van der Waals surface area (Å²) in [4.78, 5) is 10.7. The maximum atomic E-state index is 13.6. The molecule has 20 heavy (non-hydrogen) atoms. The van der Waals surface area contributed by atoms with Gasteiger partial charge in [0.1, 0.15) is 0 Å². The van der Waals surface area contributed by atoms with Crippen molar-refractivity contribution >= 4 is 5.97 Å². The van der Waals surface area contributed by atoms with E-state index in [9.17, 15) is 26.7 Å². The summed E-state index contributed by atoms with van der Waals surface area (Å²) in [6.45, 7) is 0. The lowest BCUT2D eigenvalue weighted by Crippen LogP contribution is -2.06. The normalized spacial score (nSPS) is 10.9. The SMILES string of the molecule is Cn1nc(C(=O)O)cc1-c1c(F)c(F)c(F)c(F)c1F. The molecule has 1 N–H and O–H groups in total. The van der Waals surface area contributed by atoms with Gasteiger partial charge in [-0.15, -0.1) is 0 Å². The molecule has 0 radical (unpaired) electrons. The molecule has 0 amide bonds. The van der Waals surface area contributed by atoms with Gasteiger partial charge in [0.2, 0.25) is 5.82 Å². The van der Waals surface area contributed by atoms with E-state index in [1.54, 1.807) is 0 Å². The van der Waals surface area contributed by atoms with Crippen molar-refractivity contribution in [3.8, 4) is 11.3 Å². The van der Waals surface area contributed by atoms with Crippen molar-refractivity contribution in [2.45, 2.75) is 0 Å². The van der Waals surface area contributed by atoms with Crippen LogP contribution >= 0.6 is 0 Å². The Kier molecular flexibility index (Phi) is 3.20. The van der Waals surface area contributed by atoms with Gasteiger partial charge in [-0.25, -0.2) is 26.7 Å². The topological polar surface area (TPSA) is 55.1 Å². The molecule has 0 saturated carbocycles. The minimum atomic E-state index is -2.29. The number of halogens is 5. The van der Waals surface area contributed by atoms with Gasteiger partial charge in [0, 0.05) is 7.05 Å². The largest absolute Gasteiger partial charge is 0.476 e. The van der Waals surface area contributed by atoms with Crippen molar-refractivity contribution in [2.75, 3.05) is 0 Å². The summed E-state index contributed by atoms with van der Waals surface area (Å²) in [7, 11) is 1.11. The Hall–Kier alpha value is -2.45. The number of hydrogen-bond donors (Lipinski definition) is 1. The fraction of sp³-hybridized carbons (Fsp3) is 0.0909. The Morgan fingerprint density at radius 3 is 1.90 bits per heavy atom. The van der Waals surface area contributed by atoms with Gasteiger partial charge in [0.25, 0.3) is 0 Å². The molecule has 0 unspecified atom stereocenters. The van der Waals surface area contributed by atoms with Crippen LogP contribution in [0.1, 0.15) is 10.5 Å². The molecule has 4 nitrogen and oxygen atoms in total. The summed E-state index contributed by atoms with van der Waals surface area (Å²) in [5, 5.41) is 12.1. The zero-order valence-corrected chi connectivity index (χ0v) is 9.72. The first-order chi connectivity index (χ1) is 9.25. The fourth-order valence-corrected chi connectivity index (χ4v) is 1.64. The highest BCUT2D eigenvalue weighted by atomic mass is 19.2. The van der Waals surface area contributed by atoms with Gasteiger partial charge in [-0.05, 0) is 6.07 Å². The average Bonchev–Trinajstić information content (AvgIpc) is 2.77. The Balaban J connectivity index is 2.80. The van der Waals surface area contributed by atoms with Crippen molar-refractivity contribution in [3.63, 3.8) is 0 Å². The highest BCUT2D eigenvalue weighted by Gasteiger charge is 2.28. The van der Waals surface area contributed by atoms with Crippen LogP contribution in [0.25, 0.3) is 11.3 Å². The number of aromatic nitrogens is 2. The lowest BCUT2D eigenvalue weighted by molar-refractivity contribution is 0.0689. The number of nitrogens with zero attached hydrogens (tertiary/aromatic N) is 2. The van der Waals surface area contributed by atoms with Gasteiger partial charge in [-0.1, -0.05) is 0 Å². The minimum absolute atomic E-state index is 0.546. The fourth-order valence-electron chi connectivity index (χ4n) is 1.64. The van der Waals surface area contributed by atoms with Gasteiger partial charge in [0.15, 0.2) is 29.0 Å². The number of rotatable bonds is 2. The van der Waals surface area contributed by atoms with Gasteiger partial charge >= 0.3 is 5.97 Å². The Bertz CT molecular complexity index is 697. The van der Waals surface area contributed by atoms with Crippen molar-refractivity contribution in [3.05, 3.63) is 40.8 Å². The summed E-state index contributed by atoms with van der Waals surface area (Å²) in [6, 6.07) is 0.709. The summed E-state index contributed by atoms with van der Waals surface area (Å²) in [6.07, 6.45) is 0. The first kappa shape index (κ1) is 14.0. The molecule has 2 aromatic rings. The Morgan fingerprint density at radius 1 is 1.05 bits per heavy atom. The van der Waals surface area contributed by atoms with Crippen LogP contribution in [0.2, 0.25) is 0 Å². The number of benzene rings is 1. The van der Waals surface area contributed by atoms with Gasteiger partial charge in [-0.2, -0.15) is 5.10 Å². The lowest BCUT2D eigenvalue weighted by Gasteiger charge is -2.08. The number of aryl methyl sites for hydroxylation is 1. The van der Waals surface area contributed by atoms with Gasteiger partial charge in [-0.3, -0.25) is 4.68 Å². The first-order valence-corrected chi connectivity index (χ1v) is 5.04. The number of hydrogen-bond acceptors (Lipinski definition) is 2. The molecule has 0 aliphatic heterocycles. The van der Waals surface area contributed by atoms with Crippen LogP contribution in [0, 0.1) is 29.1 Å². The van der Waals surface area contributed by atoms with Crippen LogP contribution in [0.3, 0.4) is 0 Å². The highest BCUT2D eigenvalue weighted by Crippen LogP contribution is 2.31. The maximum absolute atomic E-state index is 13.6.